The average molecular weight is 582 g/mol. The van der Waals surface area contributed by atoms with E-state index in [4.69, 9.17) is 22.2 Å². The second-order valence-corrected chi connectivity index (χ2v) is 11.0. The van der Waals surface area contributed by atoms with Crippen molar-refractivity contribution in [1.82, 2.24) is 15.3 Å². The van der Waals surface area contributed by atoms with Gasteiger partial charge in [0.2, 0.25) is 5.95 Å². The molecule has 0 radical (unpaired) electrons. The molecule has 1 aromatic carbocycles. The number of aryl methyl sites for hydroxylation is 1. The summed E-state index contributed by atoms with van der Waals surface area (Å²) in [6.45, 7) is 0. The second-order valence-electron chi connectivity index (χ2n) is 8.81. The van der Waals surface area contributed by atoms with Crippen LogP contribution in [0.2, 0.25) is 0 Å². The fraction of sp³-hybridized carbons (Fsp3) is 0.522. The first kappa shape index (κ1) is 23.7. The van der Waals surface area contributed by atoms with Crippen molar-refractivity contribution in [3.63, 3.8) is 0 Å². The summed E-state index contributed by atoms with van der Waals surface area (Å²) in [7, 11) is 4.14. The van der Waals surface area contributed by atoms with E-state index in [9.17, 15) is 0 Å². The number of halogens is 2. The first-order chi connectivity index (χ1) is 15.4. The molecule has 2 aromatic rings. The summed E-state index contributed by atoms with van der Waals surface area (Å²) in [5.74, 6) is 1.85. The average Bonchev–Trinajstić information content (AvgIpc) is 2.77. The maximum absolute atomic E-state index is 5.55. The van der Waals surface area contributed by atoms with E-state index >= 15 is 0 Å². The molecule has 3 N–H and O–H groups in total. The predicted molar refractivity (Wildman–Crippen MR) is 144 cm³/mol. The maximum atomic E-state index is 5.55. The van der Waals surface area contributed by atoms with Gasteiger partial charge in [-0.25, -0.2) is 4.98 Å². The van der Waals surface area contributed by atoms with Crippen LogP contribution in [-0.4, -0.2) is 41.3 Å². The van der Waals surface area contributed by atoms with Crippen LogP contribution in [0.1, 0.15) is 49.8 Å². The highest BCUT2D eigenvalue weighted by atomic mass is 79.9. The molecule has 172 valence electrons. The highest BCUT2D eigenvalue weighted by molar-refractivity contribution is 9.11. The molecule has 0 atom stereocenters. The lowest BCUT2D eigenvalue weighted by Gasteiger charge is -2.31. The van der Waals surface area contributed by atoms with Gasteiger partial charge in [-0.05, 0) is 97.7 Å². The molecule has 1 aromatic heterocycles. The number of anilines is 3. The molecule has 0 aliphatic heterocycles. The van der Waals surface area contributed by atoms with Gasteiger partial charge in [-0.2, -0.15) is 4.98 Å². The van der Waals surface area contributed by atoms with Crippen LogP contribution in [0.5, 0.6) is 0 Å². The minimum atomic E-state index is 0.376. The number of rotatable bonds is 5. The second kappa shape index (κ2) is 10.7. The van der Waals surface area contributed by atoms with Gasteiger partial charge in [0.05, 0.1) is 11.4 Å². The lowest BCUT2D eigenvalue weighted by molar-refractivity contribution is 0.387. The Kier molecular flexibility index (Phi) is 7.89. The van der Waals surface area contributed by atoms with E-state index in [1.807, 2.05) is 18.2 Å². The molecule has 2 aliphatic rings. The molecule has 1 heterocycles. The predicted octanol–water partition coefficient (Wildman–Crippen LogP) is 5.66. The summed E-state index contributed by atoms with van der Waals surface area (Å²) in [6.07, 6.45) is 8.85. The van der Waals surface area contributed by atoms with Gasteiger partial charge in [0.15, 0.2) is 5.11 Å². The van der Waals surface area contributed by atoms with Gasteiger partial charge < -0.3 is 20.9 Å². The zero-order valence-electron chi connectivity index (χ0n) is 18.5. The Balaban J connectivity index is 1.31. The van der Waals surface area contributed by atoms with Crippen LogP contribution in [0.25, 0.3) is 0 Å². The van der Waals surface area contributed by atoms with E-state index in [1.165, 1.54) is 24.1 Å². The maximum Gasteiger partial charge on any atom is 0.225 e. The summed E-state index contributed by atoms with van der Waals surface area (Å²) >= 11 is 12.6. The first-order valence-electron chi connectivity index (χ1n) is 11.3. The van der Waals surface area contributed by atoms with Gasteiger partial charge in [-0.3, -0.25) is 0 Å². The number of benzene rings is 1. The summed E-state index contributed by atoms with van der Waals surface area (Å²) in [5, 5.41) is 11.1. The summed E-state index contributed by atoms with van der Waals surface area (Å²) in [5.41, 5.74) is 3.51. The van der Waals surface area contributed by atoms with E-state index in [0.29, 0.717) is 17.2 Å². The third-order valence-corrected chi connectivity index (χ3v) is 7.56. The lowest BCUT2D eigenvalue weighted by atomic mass is 9.91. The molecule has 0 bridgehead atoms. The van der Waals surface area contributed by atoms with Crippen LogP contribution in [0, 0.1) is 0 Å². The van der Waals surface area contributed by atoms with E-state index < -0.39 is 0 Å². The molecule has 0 spiro atoms. The van der Waals surface area contributed by atoms with Gasteiger partial charge in [0, 0.05) is 40.7 Å². The summed E-state index contributed by atoms with van der Waals surface area (Å²) in [4.78, 5) is 11.9. The third kappa shape index (κ3) is 5.91. The monoisotopic (exact) mass is 580 g/mol. The Bertz CT molecular complexity index is 975. The molecule has 9 heteroatoms. The SMILES string of the molecule is CN(C)c1nc(N[C@H]2CC[C@@H](NC(=S)Nc3cc(Br)ccc3Br)CC2)nc2c1CCCC2. The molecule has 0 unspecified atom stereocenters. The number of nitrogens with one attached hydrogen (secondary N) is 3. The largest absolute Gasteiger partial charge is 0.362 e. The topological polar surface area (TPSA) is 65.1 Å². The Hall–Kier alpha value is -1.45. The van der Waals surface area contributed by atoms with Gasteiger partial charge in [0.1, 0.15) is 5.82 Å². The van der Waals surface area contributed by atoms with Crippen LogP contribution >= 0.6 is 44.1 Å². The van der Waals surface area contributed by atoms with Crippen LogP contribution in [0.4, 0.5) is 17.5 Å². The molecule has 1 fully saturated rings. The molecule has 2 aliphatic carbocycles. The fourth-order valence-corrected chi connectivity index (χ4v) is 5.49. The van der Waals surface area contributed by atoms with E-state index in [2.05, 4.69) is 66.8 Å². The molecule has 1 saturated carbocycles. The van der Waals surface area contributed by atoms with E-state index in [0.717, 1.165) is 64.9 Å². The zero-order chi connectivity index (χ0) is 22.7. The molecular formula is C23H30Br2N6S. The van der Waals surface area contributed by atoms with Crippen LogP contribution in [0.15, 0.2) is 27.1 Å². The number of nitrogens with zero attached hydrogens (tertiary/aromatic N) is 3. The molecule has 0 amide bonds. The van der Waals surface area contributed by atoms with Crippen LogP contribution in [0.3, 0.4) is 0 Å². The van der Waals surface area contributed by atoms with Crippen molar-refractivity contribution >= 4 is 66.6 Å². The normalized spacial score (nSPS) is 20.2. The quantitative estimate of drug-likeness (QED) is 0.394. The molecular weight excluding hydrogens is 552 g/mol. The summed E-state index contributed by atoms with van der Waals surface area (Å²) in [6, 6.07) is 6.77. The molecule has 6 nitrogen and oxygen atoms in total. The molecule has 0 saturated heterocycles. The van der Waals surface area contributed by atoms with Gasteiger partial charge >= 0.3 is 0 Å². The van der Waals surface area contributed by atoms with Crippen molar-refractivity contribution in [2.24, 2.45) is 0 Å². The number of hydrogen-bond acceptors (Lipinski definition) is 5. The van der Waals surface area contributed by atoms with E-state index in [1.54, 1.807) is 0 Å². The van der Waals surface area contributed by atoms with Crippen molar-refractivity contribution in [3.8, 4) is 0 Å². The van der Waals surface area contributed by atoms with E-state index in [-0.39, 0.29) is 0 Å². The highest BCUT2D eigenvalue weighted by Gasteiger charge is 2.24. The van der Waals surface area contributed by atoms with Crippen molar-refractivity contribution < 1.29 is 0 Å². The van der Waals surface area contributed by atoms with Gasteiger partial charge in [-0.15, -0.1) is 0 Å². The van der Waals surface area contributed by atoms with Gasteiger partial charge in [0.25, 0.3) is 0 Å². The Labute approximate surface area is 212 Å². The molecule has 32 heavy (non-hydrogen) atoms. The van der Waals surface area contributed by atoms with Crippen LogP contribution < -0.4 is 20.9 Å². The minimum Gasteiger partial charge on any atom is -0.362 e. The summed E-state index contributed by atoms with van der Waals surface area (Å²) < 4.78 is 2.00. The Morgan fingerprint density at radius 3 is 2.50 bits per heavy atom. The van der Waals surface area contributed by atoms with Crippen molar-refractivity contribution in [2.75, 3.05) is 29.6 Å². The zero-order valence-corrected chi connectivity index (χ0v) is 22.5. The Morgan fingerprint density at radius 1 is 1.03 bits per heavy atom. The van der Waals surface area contributed by atoms with Crippen molar-refractivity contribution in [2.45, 2.75) is 63.5 Å². The number of fused-ring (bicyclic) bond motifs is 1. The third-order valence-electron chi connectivity index (χ3n) is 6.16. The molecule has 4 rings (SSSR count). The number of hydrogen-bond donors (Lipinski definition) is 3. The van der Waals surface area contributed by atoms with Crippen molar-refractivity contribution in [1.29, 1.82) is 0 Å². The number of thiocarbonyl (C=S) groups is 1. The minimum absolute atomic E-state index is 0.376. The lowest BCUT2D eigenvalue weighted by Crippen LogP contribution is -2.42. The fourth-order valence-electron chi connectivity index (χ4n) is 4.51. The highest BCUT2D eigenvalue weighted by Crippen LogP contribution is 2.30. The van der Waals surface area contributed by atoms with Crippen LogP contribution in [-0.2, 0) is 12.8 Å². The Morgan fingerprint density at radius 2 is 1.75 bits per heavy atom. The van der Waals surface area contributed by atoms with Gasteiger partial charge in [-0.1, -0.05) is 15.9 Å². The first-order valence-corrected chi connectivity index (χ1v) is 13.2. The van der Waals surface area contributed by atoms with Crippen molar-refractivity contribution in [3.05, 3.63) is 38.4 Å². The standard InChI is InChI=1S/C23H30Br2N6S/c1-31(2)21-17-5-3-4-6-19(17)28-22(30-21)26-15-8-10-16(11-9-15)27-23(32)29-20-13-14(24)7-12-18(20)25/h7,12-13,15-16H,3-6,8-11H2,1-2H3,(H,26,28,30)(H2,27,29,32)/t15-,16+. The number of aromatic nitrogens is 2. The smallest absolute Gasteiger partial charge is 0.225 e.